The lowest BCUT2D eigenvalue weighted by atomic mass is 10.1. The smallest absolute Gasteiger partial charge is 0.264 e. The topological polar surface area (TPSA) is 53.9 Å². The molecule has 0 bridgehead atoms. The van der Waals surface area contributed by atoms with Crippen molar-refractivity contribution in [2.24, 2.45) is 5.16 Å². The van der Waals surface area contributed by atoms with Gasteiger partial charge in [-0.05, 0) is 36.6 Å². The second-order valence-corrected chi connectivity index (χ2v) is 8.20. The molecule has 1 saturated heterocycles. The fourth-order valence-corrected chi connectivity index (χ4v) is 4.39. The van der Waals surface area contributed by atoms with Crippen LogP contribution >= 0.6 is 22.9 Å². The van der Waals surface area contributed by atoms with Crippen LogP contribution in [0.3, 0.4) is 0 Å². The summed E-state index contributed by atoms with van der Waals surface area (Å²) in [6.07, 6.45) is 2.34. The summed E-state index contributed by atoms with van der Waals surface area (Å²) in [7, 11) is 0. The number of amides is 1. The third-order valence-electron chi connectivity index (χ3n) is 4.71. The number of rotatable bonds is 5. The minimum absolute atomic E-state index is 0.136. The summed E-state index contributed by atoms with van der Waals surface area (Å²) in [5.74, 6) is -0.136. The van der Waals surface area contributed by atoms with E-state index < -0.39 is 6.10 Å². The van der Waals surface area contributed by atoms with Gasteiger partial charge >= 0.3 is 0 Å². The van der Waals surface area contributed by atoms with Crippen LogP contribution in [0, 0.1) is 0 Å². The molecule has 1 atom stereocenters. The zero-order valence-corrected chi connectivity index (χ0v) is 15.9. The highest BCUT2D eigenvalue weighted by Crippen LogP contribution is 2.27. The molecule has 1 aromatic carbocycles. The summed E-state index contributed by atoms with van der Waals surface area (Å²) in [5, 5.41) is 7.05. The molecule has 1 aromatic heterocycles. The Bertz CT molecular complexity index is 830. The van der Waals surface area contributed by atoms with Crippen LogP contribution in [0.2, 0.25) is 4.34 Å². The summed E-state index contributed by atoms with van der Waals surface area (Å²) in [4.78, 5) is 21.2. The number of carbonyl (C=O) groups excluding carboxylic acids is 1. The molecule has 2 aliphatic rings. The summed E-state index contributed by atoms with van der Waals surface area (Å²) in [6, 6.07) is 12.0. The van der Waals surface area contributed by atoms with Gasteiger partial charge < -0.3 is 15.1 Å². The zero-order chi connectivity index (χ0) is 17.9. The Hall–Kier alpha value is -2.05. The monoisotopic (exact) mass is 389 g/mol. The Morgan fingerprint density at radius 3 is 2.85 bits per heavy atom. The molecule has 26 heavy (non-hydrogen) atoms. The normalized spacial score (nSPS) is 19.3. The van der Waals surface area contributed by atoms with Gasteiger partial charge in [0.05, 0.1) is 9.21 Å². The van der Waals surface area contributed by atoms with E-state index in [9.17, 15) is 4.79 Å². The van der Waals surface area contributed by atoms with E-state index in [1.165, 1.54) is 29.9 Å². The van der Waals surface area contributed by atoms with Crippen molar-refractivity contribution in [2.75, 3.05) is 18.0 Å². The van der Waals surface area contributed by atoms with Crippen LogP contribution < -0.4 is 10.2 Å². The third kappa shape index (κ3) is 3.71. The molecule has 1 N–H and O–H groups in total. The quantitative estimate of drug-likeness (QED) is 0.845. The first kappa shape index (κ1) is 17.4. The summed E-state index contributed by atoms with van der Waals surface area (Å²) in [6.45, 7) is 2.65. The highest BCUT2D eigenvalue weighted by molar-refractivity contribution is 7.18. The average molecular weight is 390 g/mol. The van der Waals surface area contributed by atoms with E-state index in [-0.39, 0.29) is 5.91 Å². The average Bonchev–Trinajstić information content (AvgIpc) is 3.40. The number of benzene rings is 1. The maximum Gasteiger partial charge on any atom is 0.264 e. The molecule has 2 aliphatic heterocycles. The minimum Gasteiger partial charge on any atom is -0.382 e. The largest absolute Gasteiger partial charge is 0.382 e. The van der Waals surface area contributed by atoms with Gasteiger partial charge in [-0.15, -0.1) is 11.3 Å². The van der Waals surface area contributed by atoms with Crippen LogP contribution in [0.25, 0.3) is 0 Å². The number of nitrogens with zero attached hydrogens (tertiary/aromatic N) is 2. The van der Waals surface area contributed by atoms with Crippen molar-refractivity contribution in [1.29, 1.82) is 0 Å². The molecule has 3 heterocycles. The van der Waals surface area contributed by atoms with E-state index in [0.717, 1.165) is 29.2 Å². The Kier molecular flexibility index (Phi) is 5.13. The molecule has 5 nitrogen and oxygen atoms in total. The molecule has 0 radical (unpaired) electrons. The molecular weight excluding hydrogens is 370 g/mol. The van der Waals surface area contributed by atoms with Crippen molar-refractivity contribution in [3.05, 3.63) is 51.2 Å². The lowest BCUT2D eigenvalue weighted by molar-refractivity contribution is -0.131. The molecule has 0 spiro atoms. The maximum atomic E-state index is 12.5. The van der Waals surface area contributed by atoms with Gasteiger partial charge in [0, 0.05) is 31.7 Å². The van der Waals surface area contributed by atoms with E-state index in [0.29, 0.717) is 17.3 Å². The Balaban J connectivity index is 1.35. The van der Waals surface area contributed by atoms with Gasteiger partial charge in [0.25, 0.3) is 5.91 Å². The number of hydrogen-bond donors (Lipinski definition) is 1. The molecule has 136 valence electrons. The first-order valence-corrected chi connectivity index (χ1v) is 9.99. The van der Waals surface area contributed by atoms with Crippen LogP contribution in [-0.4, -0.2) is 30.8 Å². The van der Waals surface area contributed by atoms with Crippen LogP contribution in [0.4, 0.5) is 5.69 Å². The molecule has 1 fully saturated rings. The van der Waals surface area contributed by atoms with Crippen molar-refractivity contribution in [2.45, 2.75) is 31.9 Å². The van der Waals surface area contributed by atoms with Gasteiger partial charge in [0.1, 0.15) is 5.71 Å². The molecule has 7 heteroatoms. The number of oxime groups is 1. The van der Waals surface area contributed by atoms with E-state index in [4.69, 9.17) is 16.4 Å². The molecule has 4 rings (SSSR count). The van der Waals surface area contributed by atoms with Crippen molar-refractivity contribution in [3.63, 3.8) is 0 Å². The second-order valence-electron chi connectivity index (χ2n) is 6.48. The predicted molar refractivity (Wildman–Crippen MR) is 105 cm³/mol. The van der Waals surface area contributed by atoms with Gasteiger partial charge in [0.2, 0.25) is 6.10 Å². The van der Waals surface area contributed by atoms with Gasteiger partial charge in [0.15, 0.2) is 0 Å². The van der Waals surface area contributed by atoms with E-state index >= 15 is 0 Å². The first-order valence-electron chi connectivity index (χ1n) is 8.79. The van der Waals surface area contributed by atoms with Gasteiger partial charge in [-0.1, -0.05) is 35.0 Å². The highest BCUT2D eigenvalue weighted by Gasteiger charge is 2.29. The third-order valence-corrected chi connectivity index (χ3v) is 5.99. The fraction of sp³-hybridized carbons (Fsp3) is 0.368. The van der Waals surface area contributed by atoms with Crippen LogP contribution in [0.5, 0.6) is 0 Å². The van der Waals surface area contributed by atoms with Gasteiger partial charge in [-0.3, -0.25) is 4.79 Å². The highest BCUT2D eigenvalue weighted by atomic mass is 35.5. The van der Waals surface area contributed by atoms with Crippen molar-refractivity contribution >= 4 is 40.2 Å². The lowest BCUT2D eigenvalue weighted by Gasteiger charge is -2.21. The molecule has 0 saturated carbocycles. The number of halogens is 1. The zero-order valence-electron chi connectivity index (χ0n) is 14.3. The summed E-state index contributed by atoms with van der Waals surface area (Å²) < 4.78 is 0.703. The minimum atomic E-state index is -0.579. The number of anilines is 1. The van der Waals surface area contributed by atoms with Gasteiger partial charge in [-0.2, -0.15) is 0 Å². The molecule has 1 amide bonds. The Labute approximate surface area is 161 Å². The second kappa shape index (κ2) is 7.68. The number of para-hydroxylation sites is 1. The summed E-state index contributed by atoms with van der Waals surface area (Å²) in [5.41, 5.74) is 3.12. The predicted octanol–water partition coefficient (Wildman–Crippen LogP) is 3.81. The Morgan fingerprint density at radius 1 is 1.27 bits per heavy atom. The van der Waals surface area contributed by atoms with E-state index in [1.807, 2.05) is 24.3 Å². The standard InChI is InChI=1S/C19H20ClN3O2S/c20-18-8-7-17(26-18)14-11-16(25-22-14)19(24)21-12-13-5-1-2-6-15(13)23-9-3-4-10-23/h1-2,5-8,16H,3-4,9-12H2,(H,21,24)/t16-/m0/s1. The van der Waals surface area contributed by atoms with E-state index in [1.54, 1.807) is 0 Å². The number of nitrogens with one attached hydrogen (secondary N) is 1. The SMILES string of the molecule is O=C(NCc1ccccc1N1CCCC1)[C@@H]1CC(c2ccc(Cl)s2)=NO1. The summed E-state index contributed by atoms with van der Waals surface area (Å²) >= 11 is 7.41. The lowest BCUT2D eigenvalue weighted by Crippen LogP contribution is -2.34. The van der Waals surface area contributed by atoms with Crippen LogP contribution in [0.1, 0.15) is 29.7 Å². The van der Waals surface area contributed by atoms with Crippen LogP contribution in [0.15, 0.2) is 41.6 Å². The van der Waals surface area contributed by atoms with Crippen molar-refractivity contribution in [1.82, 2.24) is 5.32 Å². The van der Waals surface area contributed by atoms with Crippen molar-refractivity contribution < 1.29 is 9.63 Å². The first-order chi connectivity index (χ1) is 12.7. The number of thiophene rings is 1. The van der Waals surface area contributed by atoms with Crippen LogP contribution in [-0.2, 0) is 16.2 Å². The van der Waals surface area contributed by atoms with Gasteiger partial charge in [-0.25, -0.2) is 0 Å². The molecular formula is C19H20ClN3O2S. The maximum absolute atomic E-state index is 12.5. The Morgan fingerprint density at radius 2 is 2.08 bits per heavy atom. The molecule has 0 aliphatic carbocycles. The number of carbonyl (C=O) groups is 1. The molecule has 0 unspecified atom stereocenters. The fourth-order valence-electron chi connectivity index (χ4n) is 3.36. The van der Waals surface area contributed by atoms with E-state index in [2.05, 4.69) is 27.5 Å². The number of hydrogen-bond acceptors (Lipinski definition) is 5. The molecule has 2 aromatic rings. The van der Waals surface area contributed by atoms with Crippen molar-refractivity contribution in [3.8, 4) is 0 Å².